The quantitative estimate of drug-likeness (QED) is 0.892. The summed E-state index contributed by atoms with van der Waals surface area (Å²) in [5.74, 6) is 0. The summed E-state index contributed by atoms with van der Waals surface area (Å²) >= 11 is 5.24. The highest BCUT2D eigenvalue weighted by molar-refractivity contribution is 9.11. The molecule has 14 heavy (non-hydrogen) atoms. The first-order chi connectivity index (χ1) is 6.37. The summed E-state index contributed by atoms with van der Waals surface area (Å²) in [5.41, 5.74) is 6.42. The Morgan fingerprint density at radius 3 is 2.50 bits per heavy atom. The fourth-order valence-electron chi connectivity index (χ4n) is 1.58. The van der Waals surface area contributed by atoms with Crippen molar-refractivity contribution in [1.29, 1.82) is 0 Å². The molecule has 0 amide bonds. The van der Waals surface area contributed by atoms with Crippen molar-refractivity contribution in [3.05, 3.63) is 20.8 Å². The molecular weight excluding hydrogens is 258 g/mol. The molecule has 1 nitrogen and oxygen atoms in total. The van der Waals surface area contributed by atoms with Crippen LogP contribution < -0.4 is 5.73 Å². The first-order valence-electron chi connectivity index (χ1n) is 4.86. The zero-order valence-electron chi connectivity index (χ0n) is 9.01. The van der Waals surface area contributed by atoms with E-state index in [1.165, 1.54) is 8.66 Å². The summed E-state index contributed by atoms with van der Waals surface area (Å²) < 4.78 is 1.19. The van der Waals surface area contributed by atoms with Crippen molar-refractivity contribution in [3.8, 4) is 0 Å². The second kappa shape index (κ2) is 4.77. The number of nitrogens with two attached hydrogens (primary N) is 1. The topological polar surface area (TPSA) is 26.0 Å². The van der Waals surface area contributed by atoms with Gasteiger partial charge in [-0.1, -0.05) is 20.8 Å². The SMILES string of the molecule is CC(C)(C)CC(N)Cc1ccc(Br)s1. The molecule has 0 spiro atoms. The molecule has 0 fully saturated rings. The normalized spacial score (nSPS) is 14.4. The van der Waals surface area contributed by atoms with Gasteiger partial charge in [0.1, 0.15) is 0 Å². The smallest absolute Gasteiger partial charge is 0.0701 e. The lowest BCUT2D eigenvalue weighted by Gasteiger charge is -2.22. The van der Waals surface area contributed by atoms with Crippen molar-refractivity contribution in [2.75, 3.05) is 0 Å². The minimum absolute atomic E-state index is 0.278. The largest absolute Gasteiger partial charge is 0.327 e. The van der Waals surface area contributed by atoms with Gasteiger partial charge in [0.05, 0.1) is 3.79 Å². The molecule has 1 unspecified atom stereocenters. The van der Waals surface area contributed by atoms with Crippen LogP contribution in [0, 0.1) is 5.41 Å². The maximum absolute atomic E-state index is 6.09. The third-order valence-electron chi connectivity index (χ3n) is 1.97. The molecule has 1 aromatic heterocycles. The van der Waals surface area contributed by atoms with E-state index in [2.05, 4.69) is 48.8 Å². The molecule has 1 rings (SSSR count). The number of hydrogen-bond donors (Lipinski definition) is 1. The summed E-state index contributed by atoms with van der Waals surface area (Å²) in [4.78, 5) is 1.37. The van der Waals surface area contributed by atoms with Crippen LogP contribution in [0.1, 0.15) is 32.1 Å². The average Bonchev–Trinajstić information content (AvgIpc) is 2.30. The van der Waals surface area contributed by atoms with E-state index in [-0.39, 0.29) is 6.04 Å². The molecule has 0 aliphatic heterocycles. The average molecular weight is 276 g/mol. The van der Waals surface area contributed by atoms with Gasteiger partial charge in [-0.15, -0.1) is 11.3 Å². The molecule has 0 saturated carbocycles. The Hall–Kier alpha value is 0.140. The van der Waals surface area contributed by atoms with Gasteiger partial charge in [0.25, 0.3) is 0 Å². The van der Waals surface area contributed by atoms with E-state index < -0.39 is 0 Å². The Balaban J connectivity index is 2.45. The third kappa shape index (κ3) is 4.58. The predicted octanol–water partition coefficient (Wildman–Crippen LogP) is 3.82. The van der Waals surface area contributed by atoms with Gasteiger partial charge in [-0.3, -0.25) is 0 Å². The Morgan fingerprint density at radius 2 is 2.07 bits per heavy atom. The first kappa shape index (κ1) is 12.2. The van der Waals surface area contributed by atoms with Gasteiger partial charge in [-0.25, -0.2) is 0 Å². The maximum atomic E-state index is 6.09. The number of rotatable bonds is 3. The summed E-state index contributed by atoms with van der Waals surface area (Å²) in [7, 11) is 0. The molecule has 80 valence electrons. The second-order valence-electron chi connectivity index (χ2n) is 4.93. The number of thiophene rings is 1. The van der Waals surface area contributed by atoms with Crippen molar-refractivity contribution in [2.45, 2.75) is 39.7 Å². The van der Waals surface area contributed by atoms with E-state index in [1.54, 1.807) is 11.3 Å². The highest BCUT2D eigenvalue weighted by atomic mass is 79.9. The highest BCUT2D eigenvalue weighted by Crippen LogP contribution is 2.26. The fourth-order valence-corrected chi connectivity index (χ4v) is 3.15. The van der Waals surface area contributed by atoms with E-state index in [1.807, 2.05) is 0 Å². The van der Waals surface area contributed by atoms with Gasteiger partial charge in [0.15, 0.2) is 0 Å². The third-order valence-corrected chi connectivity index (χ3v) is 3.61. The summed E-state index contributed by atoms with van der Waals surface area (Å²) in [5, 5.41) is 0. The molecule has 0 saturated heterocycles. The van der Waals surface area contributed by atoms with E-state index >= 15 is 0 Å². The summed E-state index contributed by atoms with van der Waals surface area (Å²) in [6.45, 7) is 6.70. The minimum atomic E-state index is 0.278. The van der Waals surface area contributed by atoms with E-state index in [4.69, 9.17) is 5.73 Å². The molecule has 0 bridgehead atoms. The van der Waals surface area contributed by atoms with E-state index in [9.17, 15) is 0 Å². The zero-order valence-corrected chi connectivity index (χ0v) is 11.4. The van der Waals surface area contributed by atoms with Crippen molar-refractivity contribution in [1.82, 2.24) is 0 Å². The van der Waals surface area contributed by atoms with E-state index in [0.717, 1.165) is 12.8 Å². The minimum Gasteiger partial charge on any atom is -0.327 e. The molecule has 0 aliphatic rings. The van der Waals surface area contributed by atoms with Crippen LogP contribution in [-0.4, -0.2) is 6.04 Å². The molecule has 3 heteroatoms. The molecule has 0 radical (unpaired) electrons. The molecule has 1 aromatic rings. The van der Waals surface area contributed by atoms with E-state index in [0.29, 0.717) is 5.41 Å². The zero-order chi connectivity index (χ0) is 10.8. The predicted molar refractivity (Wildman–Crippen MR) is 67.8 cm³/mol. The van der Waals surface area contributed by atoms with Crippen molar-refractivity contribution in [2.24, 2.45) is 11.1 Å². The molecule has 0 aliphatic carbocycles. The lowest BCUT2D eigenvalue weighted by molar-refractivity contribution is 0.339. The van der Waals surface area contributed by atoms with Crippen LogP contribution in [0.5, 0.6) is 0 Å². The number of halogens is 1. The Labute approximate surface area is 98.8 Å². The van der Waals surface area contributed by atoms with Crippen molar-refractivity contribution in [3.63, 3.8) is 0 Å². The van der Waals surface area contributed by atoms with Gasteiger partial charge in [0, 0.05) is 10.9 Å². The van der Waals surface area contributed by atoms with Crippen LogP contribution in [-0.2, 0) is 6.42 Å². The standard InChI is InChI=1S/C11H18BrNS/c1-11(2,3)7-8(13)6-9-4-5-10(12)14-9/h4-5,8H,6-7,13H2,1-3H3. The van der Waals surface area contributed by atoms with Gasteiger partial charge in [0.2, 0.25) is 0 Å². The Morgan fingerprint density at radius 1 is 1.43 bits per heavy atom. The lowest BCUT2D eigenvalue weighted by atomic mass is 9.87. The number of hydrogen-bond acceptors (Lipinski definition) is 2. The van der Waals surface area contributed by atoms with Crippen LogP contribution in [0.4, 0.5) is 0 Å². The Bertz CT molecular complexity index is 288. The van der Waals surface area contributed by atoms with Crippen LogP contribution in [0.25, 0.3) is 0 Å². The Kier molecular flexibility index (Phi) is 4.16. The summed E-state index contributed by atoms with van der Waals surface area (Å²) in [6.07, 6.45) is 2.07. The van der Waals surface area contributed by atoms with Crippen molar-refractivity contribution < 1.29 is 0 Å². The monoisotopic (exact) mass is 275 g/mol. The molecule has 2 N–H and O–H groups in total. The molecule has 0 aromatic carbocycles. The molecule has 1 heterocycles. The highest BCUT2D eigenvalue weighted by Gasteiger charge is 2.16. The molecule has 1 atom stereocenters. The van der Waals surface area contributed by atoms with Gasteiger partial charge in [-0.2, -0.15) is 0 Å². The van der Waals surface area contributed by atoms with Gasteiger partial charge < -0.3 is 5.73 Å². The van der Waals surface area contributed by atoms with Crippen LogP contribution in [0.2, 0.25) is 0 Å². The maximum Gasteiger partial charge on any atom is 0.0701 e. The van der Waals surface area contributed by atoms with Gasteiger partial charge in [-0.05, 0) is 46.3 Å². The van der Waals surface area contributed by atoms with Crippen molar-refractivity contribution >= 4 is 27.3 Å². The molecular formula is C11H18BrNS. The first-order valence-corrected chi connectivity index (χ1v) is 6.47. The van der Waals surface area contributed by atoms with Gasteiger partial charge >= 0.3 is 0 Å². The summed E-state index contributed by atoms with van der Waals surface area (Å²) in [6, 6.07) is 4.52. The lowest BCUT2D eigenvalue weighted by Crippen LogP contribution is -2.28. The fraction of sp³-hybridized carbons (Fsp3) is 0.636. The van der Waals surface area contributed by atoms with Crippen LogP contribution in [0.3, 0.4) is 0 Å². The van der Waals surface area contributed by atoms with Crippen LogP contribution >= 0.6 is 27.3 Å². The van der Waals surface area contributed by atoms with Crippen LogP contribution in [0.15, 0.2) is 15.9 Å². The second-order valence-corrected chi connectivity index (χ2v) is 7.48.